The molecule has 1 amide bonds. The molecule has 1 aliphatic carbocycles. The normalized spacial score (nSPS) is 28.5. The minimum atomic E-state index is -0.452. The standard InChI is InChI=1S/C17H31NO3/c1-17(2,3)21-16(20)18-10-9-15(19)14(12-18)11-13-7-5-4-6-8-13/h13-15,19H,4-12H2,1-3H3. The van der Waals surface area contributed by atoms with E-state index < -0.39 is 5.60 Å². The molecule has 122 valence electrons. The largest absolute Gasteiger partial charge is 0.444 e. The maximum absolute atomic E-state index is 12.2. The molecule has 2 rings (SSSR count). The minimum absolute atomic E-state index is 0.217. The highest BCUT2D eigenvalue weighted by Gasteiger charge is 2.33. The summed E-state index contributed by atoms with van der Waals surface area (Å²) < 4.78 is 5.46. The molecule has 21 heavy (non-hydrogen) atoms. The lowest BCUT2D eigenvalue weighted by Gasteiger charge is -2.38. The molecular formula is C17H31NO3. The van der Waals surface area contributed by atoms with Crippen molar-refractivity contribution in [3.05, 3.63) is 0 Å². The van der Waals surface area contributed by atoms with Crippen LogP contribution in [0.1, 0.15) is 65.7 Å². The zero-order valence-corrected chi connectivity index (χ0v) is 13.8. The molecule has 0 aromatic rings. The fourth-order valence-corrected chi connectivity index (χ4v) is 3.59. The van der Waals surface area contributed by atoms with Gasteiger partial charge in [-0.25, -0.2) is 4.79 Å². The molecule has 2 fully saturated rings. The maximum Gasteiger partial charge on any atom is 0.410 e. The lowest BCUT2D eigenvalue weighted by atomic mass is 9.79. The summed E-state index contributed by atoms with van der Waals surface area (Å²) in [6.45, 7) is 6.93. The van der Waals surface area contributed by atoms with E-state index in [9.17, 15) is 9.90 Å². The molecule has 1 N–H and O–H groups in total. The van der Waals surface area contributed by atoms with E-state index >= 15 is 0 Å². The van der Waals surface area contributed by atoms with E-state index in [4.69, 9.17) is 4.74 Å². The van der Waals surface area contributed by atoms with E-state index in [0.29, 0.717) is 19.5 Å². The number of carbonyl (C=O) groups excluding carboxylic acids is 1. The van der Waals surface area contributed by atoms with E-state index in [1.54, 1.807) is 4.90 Å². The van der Waals surface area contributed by atoms with Crippen molar-refractivity contribution in [2.45, 2.75) is 77.4 Å². The van der Waals surface area contributed by atoms with Crippen LogP contribution in [-0.2, 0) is 4.74 Å². The molecule has 0 radical (unpaired) electrons. The van der Waals surface area contributed by atoms with E-state index in [2.05, 4.69) is 0 Å². The minimum Gasteiger partial charge on any atom is -0.444 e. The van der Waals surface area contributed by atoms with Gasteiger partial charge in [0.1, 0.15) is 5.60 Å². The highest BCUT2D eigenvalue weighted by molar-refractivity contribution is 5.68. The Labute approximate surface area is 128 Å². The third-order valence-corrected chi connectivity index (χ3v) is 4.71. The molecule has 1 saturated carbocycles. The average molecular weight is 297 g/mol. The summed E-state index contributed by atoms with van der Waals surface area (Å²) in [6.07, 6.45) is 7.82. The molecule has 1 heterocycles. The second-order valence-corrected chi connectivity index (χ2v) is 7.78. The fourth-order valence-electron chi connectivity index (χ4n) is 3.59. The van der Waals surface area contributed by atoms with Crippen molar-refractivity contribution in [2.75, 3.05) is 13.1 Å². The number of piperidine rings is 1. The van der Waals surface area contributed by atoms with Crippen LogP contribution in [0.5, 0.6) is 0 Å². The molecule has 2 atom stereocenters. The van der Waals surface area contributed by atoms with Crippen molar-refractivity contribution in [3.63, 3.8) is 0 Å². The second-order valence-electron chi connectivity index (χ2n) is 7.78. The molecule has 4 heteroatoms. The molecule has 0 bridgehead atoms. The number of aliphatic hydroxyl groups is 1. The van der Waals surface area contributed by atoms with Crippen molar-refractivity contribution >= 4 is 6.09 Å². The lowest BCUT2D eigenvalue weighted by molar-refractivity contribution is -0.0143. The highest BCUT2D eigenvalue weighted by atomic mass is 16.6. The Balaban J connectivity index is 1.87. The first kappa shape index (κ1) is 16.6. The monoisotopic (exact) mass is 297 g/mol. The lowest BCUT2D eigenvalue weighted by Crippen LogP contribution is -2.48. The molecule has 0 aromatic carbocycles. The summed E-state index contributed by atoms with van der Waals surface area (Å²) in [5.74, 6) is 0.950. The van der Waals surface area contributed by atoms with Crippen LogP contribution in [0.15, 0.2) is 0 Å². The van der Waals surface area contributed by atoms with Gasteiger partial charge < -0.3 is 14.7 Å². The van der Waals surface area contributed by atoms with Crippen molar-refractivity contribution < 1.29 is 14.6 Å². The van der Waals surface area contributed by atoms with Gasteiger partial charge >= 0.3 is 6.09 Å². The van der Waals surface area contributed by atoms with Crippen molar-refractivity contribution in [2.24, 2.45) is 11.8 Å². The summed E-state index contributed by atoms with van der Waals surface area (Å²) in [5, 5.41) is 10.3. The molecule has 1 aliphatic heterocycles. The highest BCUT2D eigenvalue weighted by Crippen LogP contribution is 2.32. The Morgan fingerprint density at radius 2 is 1.86 bits per heavy atom. The fraction of sp³-hybridized carbons (Fsp3) is 0.941. The molecule has 2 unspecified atom stereocenters. The predicted octanol–water partition coefficient (Wildman–Crippen LogP) is 3.57. The Kier molecular flexibility index (Phi) is 5.53. The quantitative estimate of drug-likeness (QED) is 0.847. The Hall–Kier alpha value is -0.770. The van der Waals surface area contributed by atoms with Gasteiger partial charge in [0, 0.05) is 19.0 Å². The number of likely N-dealkylation sites (tertiary alicyclic amines) is 1. The first-order chi connectivity index (χ1) is 9.85. The van der Waals surface area contributed by atoms with Crippen LogP contribution < -0.4 is 0 Å². The zero-order chi connectivity index (χ0) is 15.5. The third kappa shape index (κ3) is 5.17. The molecule has 4 nitrogen and oxygen atoms in total. The number of hydrogen-bond donors (Lipinski definition) is 1. The van der Waals surface area contributed by atoms with E-state index in [1.807, 2.05) is 20.8 Å². The van der Waals surface area contributed by atoms with Crippen LogP contribution in [-0.4, -0.2) is 40.9 Å². The van der Waals surface area contributed by atoms with Crippen LogP contribution >= 0.6 is 0 Å². The number of nitrogens with zero attached hydrogens (tertiary/aromatic N) is 1. The van der Waals surface area contributed by atoms with Crippen molar-refractivity contribution in [1.82, 2.24) is 4.90 Å². The van der Waals surface area contributed by atoms with Gasteiger partial charge in [-0.15, -0.1) is 0 Å². The van der Waals surface area contributed by atoms with Crippen LogP contribution in [0.4, 0.5) is 4.79 Å². The number of ether oxygens (including phenoxy) is 1. The second kappa shape index (κ2) is 6.99. The Morgan fingerprint density at radius 1 is 1.19 bits per heavy atom. The molecular weight excluding hydrogens is 266 g/mol. The SMILES string of the molecule is CC(C)(C)OC(=O)N1CCC(O)C(CC2CCCCC2)C1. The number of aliphatic hydroxyl groups excluding tert-OH is 1. The number of carbonyl (C=O) groups is 1. The topological polar surface area (TPSA) is 49.8 Å². The number of hydrogen-bond acceptors (Lipinski definition) is 3. The van der Waals surface area contributed by atoms with Gasteiger partial charge in [0.25, 0.3) is 0 Å². The molecule has 0 spiro atoms. The van der Waals surface area contributed by atoms with Gasteiger partial charge in [0.15, 0.2) is 0 Å². The van der Waals surface area contributed by atoms with Gasteiger partial charge in [0.2, 0.25) is 0 Å². The molecule has 0 aromatic heterocycles. The van der Waals surface area contributed by atoms with Gasteiger partial charge in [0.05, 0.1) is 6.10 Å². The Morgan fingerprint density at radius 3 is 2.48 bits per heavy atom. The first-order valence-corrected chi connectivity index (χ1v) is 8.51. The van der Waals surface area contributed by atoms with E-state index in [-0.39, 0.29) is 18.1 Å². The molecule has 2 aliphatic rings. The summed E-state index contributed by atoms with van der Waals surface area (Å²) in [4.78, 5) is 14.0. The summed E-state index contributed by atoms with van der Waals surface area (Å²) in [6, 6.07) is 0. The smallest absolute Gasteiger partial charge is 0.410 e. The predicted molar refractivity (Wildman–Crippen MR) is 83.1 cm³/mol. The van der Waals surface area contributed by atoms with E-state index in [0.717, 1.165) is 12.3 Å². The van der Waals surface area contributed by atoms with Gasteiger partial charge in [-0.3, -0.25) is 0 Å². The third-order valence-electron chi connectivity index (χ3n) is 4.71. The summed E-state index contributed by atoms with van der Waals surface area (Å²) in [7, 11) is 0. The number of amides is 1. The zero-order valence-electron chi connectivity index (χ0n) is 13.8. The van der Waals surface area contributed by atoms with Gasteiger partial charge in [-0.2, -0.15) is 0 Å². The van der Waals surface area contributed by atoms with Crippen LogP contribution in [0.2, 0.25) is 0 Å². The summed E-state index contributed by atoms with van der Waals surface area (Å²) in [5.41, 5.74) is -0.452. The average Bonchev–Trinajstić information content (AvgIpc) is 2.40. The van der Waals surface area contributed by atoms with Crippen LogP contribution in [0, 0.1) is 11.8 Å². The summed E-state index contributed by atoms with van der Waals surface area (Å²) >= 11 is 0. The van der Waals surface area contributed by atoms with Gasteiger partial charge in [-0.05, 0) is 39.5 Å². The van der Waals surface area contributed by atoms with Gasteiger partial charge in [-0.1, -0.05) is 32.1 Å². The van der Waals surface area contributed by atoms with E-state index in [1.165, 1.54) is 32.1 Å². The Bertz CT molecular complexity index is 344. The van der Waals surface area contributed by atoms with Crippen molar-refractivity contribution in [1.29, 1.82) is 0 Å². The molecule has 1 saturated heterocycles. The van der Waals surface area contributed by atoms with Crippen LogP contribution in [0.25, 0.3) is 0 Å². The van der Waals surface area contributed by atoms with Crippen LogP contribution in [0.3, 0.4) is 0 Å². The first-order valence-electron chi connectivity index (χ1n) is 8.51. The maximum atomic E-state index is 12.2. The van der Waals surface area contributed by atoms with Crippen molar-refractivity contribution in [3.8, 4) is 0 Å². The number of rotatable bonds is 2.